The molecule has 12 heavy (non-hydrogen) atoms. The number of carbonyl (C=O) groups is 2. The zero-order chi connectivity index (χ0) is 9.86. The zero-order valence-electron chi connectivity index (χ0n) is 6.83. The number of hydrogen-bond acceptors (Lipinski definition) is 4. The number of rotatable bonds is 2. The van der Waals surface area contributed by atoms with Gasteiger partial charge >= 0.3 is 16.8 Å². The van der Waals surface area contributed by atoms with Crippen molar-refractivity contribution in [3.05, 3.63) is 0 Å². The van der Waals surface area contributed by atoms with E-state index >= 15 is 0 Å². The Balaban J connectivity index is -0.0000000560. The van der Waals surface area contributed by atoms with Gasteiger partial charge in [-0.15, -0.1) is 0 Å². The summed E-state index contributed by atoms with van der Waals surface area (Å²) < 4.78 is 0. The molecule has 0 spiro atoms. The summed E-state index contributed by atoms with van der Waals surface area (Å²) in [5.74, 6) is -0.125. The summed E-state index contributed by atoms with van der Waals surface area (Å²) in [5.41, 5.74) is 0. The van der Waals surface area contributed by atoms with Gasteiger partial charge in [-0.25, -0.2) is 0 Å². The van der Waals surface area contributed by atoms with Crippen LogP contribution in [0.15, 0.2) is 0 Å². The van der Waals surface area contributed by atoms with E-state index in [1.165, 1.54) is 13.8 Å². The molecule has 0 amide bonds. The second kappa shape index (κ2) is 22.5. The van der Waals surface area contributed by atoms with Crippen molar-refractivity contribution in [3.63, 3.8) is 0 Å². The van der Waals surface area contributed by atoms with Gasteiger partial charge in [-0.1, -0.05) is 0 Å². The van der Waals surface area contributed by atoms with Gasteiger partial charge in [-0.3, -0.25) is 23.2 Å². The van der Waals surface area contributed by atoms with E-state index in [1.807, 2.05) is 0 Å². The van der Waals surface area contributed by atoms with Crippen molar-refractivity contribution < 1.29 is 36.0 Å². The van der Waals surface area contributed by atoms with E-state index in [4.69, 9.17) is 9.59 Å². The van der Waals surface area contributed by atoms with Crippen molar-refractivity contribution in [1.82, 2.24) is 0 Å². The van der Waals surface area contributed by atoms with Crippen LogP contribution in [0.1, 0.15) is 20.3 Å². The van der Waals surface area contributed by atoms with Gasteiger partial charge in [0, 0.05) is 0 Å². The summed E-state index contributed by atoms with van der Waals surface area (Å²) in [6.07, 6.45) is 0.0833. The maximum absolute atomic E-state index is 10.0. The maximum Gasteiger partial charge on any atom is 2.00 e. The van der Waals surface area contributed by atoms with Crippen LogP contribution in [0.3, 0.4) is 0 Å². The van der Waals surface area contributed by atoms with Crippen molar-refractivity contribution in [2.24, 2.45) is 0 Å². The maximum atomic E-state index is 10.0. The van der Waals surface area contributed by atoms with E-state index in [0.29, 0.717) is 0 Å². The molecule has 0 heterocycles. The fourth-order valence-electron chi connectivity index (χ4n) is 0.351. The molecule has 0 aliphatic carbocycles. The molecule has 5 heteroatoms. The minimum absolute atomic E-state index is 0. The number of hydrogen-bond donors (Lipinski definition) is 0. The molecule has 0 aromatic rings. The molecule has 0 aliphatic heterocycles. The Morgan fingerprint density at radius 2 is 1.08 bits per heavy atom. The number of Topliss-reactive ketones (excluding diaryl/α,β-unsaturated/α-hetero) is 2. The SMILES string of the molecule is CC(=O)CC(C)=O.[CH-]=O.[CH-]=O.[Co+2]. The molecule has 0 aliphatic rings. The standard InChI is InChI=1S/C5H8O2.2CHO.Co/c1-4(6)3-5(2)7;2*1-2;/h3H2,1-2H3;2*1H;/q;2*-1;+2. The van der Waals surface area contributed by atoms with Crippen LogP contribution in [0.5, 0.6) is 0 Å². The molecule has 0 saturated carbocycles. The van der Waals surface area contributed by atoms with Gasteiger partial charge in [0.1, 0.15) is 11.6 Å². The van der Waals surface area contributed by atoms with Crippen LogP contribution in [0.4, 0.5) is 0 Å². The van der Waals surface area contributed by atoms with Crippen molar-refractivity contribution in [3.8, 4) is 0 Å². The Bertz CT molecular complexity index is 111. The first-order valence-electron chi connectivity index (χ1n) is 2.59. The first-order valence-corrected chi connectivity index (χ1v) is 2.59. The summed E-state index contributed by atoms with van der Waals surface area (Å²) in [6, 6.07) is 0. The molecule has 1 radical (unpaired) electrons. The molecule has 71 valence electrons. The minimum atomic E-state index is -0.0625. The molecule has 0 aromatic heterocycles. The van der Waals surface area contributed by atoms with E-state index in [1.54, 1.807) is 0 Å². The van der Waals surface area contributed by atoms with Gasteiger partial charge in [0.15, 0.2) is 0 Å². The Morgan fingerprint density at radius 1 is 0.917 bits per heavy atom. The van der Waals surface area contributed by atoms with Crippen molar-refractivity contribution >= 4 is 25.1 Å². The Hall–Kier alpha value is -0.814. The second-order valence-corrected chi connectivity index (χ2v) is 1.58. The molecule has 0 unspecified atom stereocenters. The van der Waals surface area contributed by atoms with Crippen LogP contribution < -0.4 is 0 Å². The Kier molecular flexibility index (Phi) is 42.1. The van der Waals surface area contributed by atoms with Gasteiger partial charge in [0.2, 0.25) is 0 Å². The van der Waals surface area contributed by atoms with Gasteiger partial charge in [-0.05, 0) is 13.8 Å². The minimum Gasteiger partial charge on any atom is -0.545 e. The summed E-state index contributed by atoms with van der Waals surface area (Å²) >= 11 is 0. The summed E-state index contributed by atoms with van der Waals surface area (Å²) in [7, 11) is 0. The number of ketones is 2. The van der Waals surface area contributed by atoms with Gasteiger partial charge in [0.25, 0.3) is 0 Å². The van der Waals surface area contributed by atoms with Gasteiger partial charge < -0.3 is 9.59 Å². The van der Waals surface area contributed by atoms with Crippen LogP contribution >= 0.6 is 0 Å². The van der Waals surface area contributed by atoms with Crippen molar-refractivity contribution in [2.45, 2.75) is 20.3 Å². The van der Waals surface area contributed by atoms with E-state index < -0.39 is 0 Å². The van der Waals surface area contributed by atoms with Crippen LogP contribution in [-0.4, -0.2) is 25.1 Å². The van der Waals surface area contributed by atoms with Crippen molar-refractivity contribution in [2.75, 3.05) is 0 Å². The zero-order valence-corrected chi connectivity index (χ0v) is 7.87. The Labute approximate surface area is 81.9 Å². The predicted octanol–water partition coefficient (Wildman–Crippen LogP) is 0.00380. The molecule has 0 bridgehead atoms. The molecule has 0 fully saturated rings. The molecule has 0 rings (SSSR count). The quantitative estimate of drug-likeness (QED) is 0.371. The first-order chi connectivity index (χ1) is 5.13. The molecule has 0 saturated heterocycles. The van der Waals surface area contributed by atoms with Gasteiger partial charge in [0.05, 0.1) is 6.42 Å². The third-order valence-electron chi connectivity index (χ3n) is 0.498. The summed E-state index contributed by atoms with van der Waals surface area (Å²) in [6.45, 7) is 9.31. The van der Waals surface area contributed by atoms with Crippen LogP contribution in [-0.2, 0) is 36.0 Å². The topological polar surface area (TPSA) is 68.3 Å². The van der Waals surface area contributed by atoms with Crippen LogP contribution in [0.2, 0.25) is 0 Å². The normalized spacial score (nSPS) is 5.50. The third-order valence-corrected chi connectivity index (χ3v) is 0.498. The average Bonchev–Trinajstić information content (AvgIpc) is 1.93. The smallest absolute Gasteiger partial charge is 0.545 e. The van der Waals surface area contributed by atoms with E-state index in [2.05, 4.69) is 13.6 Å². The molecule has 0 atom stereocenters. The molecule has 0 N–H and O–H groups in total. The van der Waals surface area contributed by atoms with Crippen LogP contribution in [0, 0.1) is 0 Å². The van der Waals surface area contributed by atoms with Crippen LogP contribution in [0.25, 0.3) is 0 Å². The second-order valence-electron chi connectivity index (χ2n) is 1.58. The van der Waals surface area contributed by atoms with E-state index in [-0.39, 0.29) is 34.8 Å². The molecular formula is C7H10CoO4. The molecule has 4 nitrogen and oxygen atoms in total. The average molecular weight is 217 g/mol. The number of carbonyl (C=O) groups excluding carboxylic acids is 4. The monoisotopic (exact) mass is 217 g/mol. The molecule has 0 aromatic carbocycles. The summed E-state index contributed by atoms with van der Waals surface area (Å²) in [5, 5.41) is 0. The summed E-state index contributed by atoms with van der Waals surface area (Å²) in [4.78, 5) is 35.6. The predicted molar refractivity (Wildman–Crippen MR) is 39.5 cm³/mol. The first kappa shape index (κ1) is 22.5. The van der Waals surface area contributed by atoms with E-state index in [9.17, 15) is 9.59 Å². The van der Waals surface area contributed by atoms with Gasteiger partial charge in [-0.2, -0.15) is 0 Å². The van der Waals surface area contributed by atoms with Crippen molar-refractivity contribution in [1.29, 1.82) is 0 Å². The fourth-order valence-corrected chi connectivity index (χ4v) is 0.351. The molecular weight excluding hydrogens is 207 g/mol. The fraction of sp³-hybridized carbons (Fsp3) is 0.429. The Morgan fingerprint density at radius 3 is 1.08 bits per heavy atom. The third kappa shape index (κ3) is 60.6. The van der Waals surface area contributed by atoms with E-state index in [0.717, 1.165) is 0 Å². The largest absolute Gasteiger partial charge is 2.00 e.